The van der Waals surface area contributed by atoms with Gasteiger partial charge in [-0.05, 0) is 24.8 Å². The van der Waals surface area contributed by atoms with E-state index in [9.17, 15) is 18.0 Å². The minimum Gasteiger partial charge on any atom is -0.475 e. The van der Waals surface area contributed by atoms with Gasteiger partial charge in [-0.15, -0.1) is 0 Å². The average Bonchev–Trinajstić information content (AvgIpc) is 3.19. The lowest BCUT2D eigenvalue weighted by atomic mass is 9.82. The first kappa shape index (κ1) is 22.2. The van der Waals surface area contributed by atoms with Gasteiger partial charge in [-0.3, -0.25) is 9.63 Å². The summed E-state index contributed by atoms with van der Waals surface area (Å²) in [6.07, 6.45) is 0.280. The number of carbonyl (C=O) groups is 2. The molecule has 12 heteroatoms. The second-order valence-corrected chi connectivity index (χ2v) is 7.32. The topological polar surface area (TPSA) is 105 Å². The summed E-state index contributed by atoms with van der Waals surface area (Å²) >= 11 is 0. The van der Waals surface area contributed by atoms with E-state index < -0.39 is 12.1 Å². The molecule has 4 rings (SSSR count). The fraction of sp³-hybridized carbons (Fsp3) is 0.667. The Morgan fingerprint density at radius 2 is 1.97 bits per heavy atom. The predicted octanol–water partition coefficient (Wildman–Crippen LogP) is 1.36. The number of fused-ring (bicyclic) bond motifs is 1. The lowest BCUT2D eigenvalue weighted by molar-refractivity contribution is -0.207. The zero-order valence-corrected chi connectivity index (χ0v) is 16.1. The maximum Gasteiger partial charge on any atom is 0.490 e. The van der Waals surface area contributed by atoms with Gasteiger partial charge < -0.3 is 14.7 Å². The van der Waals surface area contributed by atoms with Crippen LogP contribution in [0.3, 0.4) is 0 Å². The molecule has 3 atom stereocenters. The fourth-order valence-electron chi connectivity index (χ4n) is 3.87. The Bertz CT molecular complexity index is 730. The number of nitrogens with zero attached hydrogens (tertiary/aromatic N) is 4. The second-order valence-electron chi connectivity index (χ2n) is 7.32. The number of carboxylic acids is 1. The minimum absolute atomic E-state index is 0.0870. The van der Waals surface area contributed by atoms with E-state index in [4.69, 9.17) is 19.5 Å². The van der Waals surface area contributed by atoms with E-state index in [2.05, 4.69) is 14.9 Å². The molecule has 0 unspecified atom stereocenters. The second kappa shape index (κ2) is 9.56. The number of carbonyl (C=O) groups excluding carboxylic acids is 1. The van der Waals surface area contributed by atoms with Crippen molar-refractivity contribution in [2.75, 3.05) is 44.4 Å². The van der Waals surface area contributed by atoms with Crippen molar-refractivity contribution in [3.05, 3.63) is 18.6 Å². The highest BCUT2D eigenvalue weighted by atomic mass is 19.4. The Labute approximate surface area is 170 Å². The molecular weight excluding hydrogens is 409 g/mol. The van der Waals surface area contributed by atoms with Gasteiger partial charge in [0.2, 0.25) is 0 Å². The third kappa shape index (κ3) is 5.36. The average molecular weight is 432 g/mol. The Hall–Kier alpha value is -2.47. The third-order valence-electron chi connectivity index (χ3n) is 5.34. The molecule has 9 nitrogen and oxygen atoms in total. The monoisotopic (exact) mass is 432 g/mol. The molecule has 0 spiro atoms. The molecule has 3 fully saturated rings. The maximum atomic E-state index is 12.8. The molecule has 1 N–H and O–H groups in total. The van der Waals surface area contributed by atoms with Gasteiger partial charge in [-0.1, -0.05) is 0 Å². The minimum atomic E-state index is -5.08. The number of halogens is 3. The number of aliphatic carboxylic acids is 1. The van der Waals surface area contributed by atoms with Crippen LogP contribution in [0.15, 0.2) is 18.6 Å². The van der Waals surface area contributed by atoms with E-state index in [0.29, 0.717) is 31.6 Å². The molecule has 4 heterocycles. The third-order valence-corrected chi connectivity index (χ3v) is 5.34. The first-order valence-corrected chi connectivity index (χ1v) is 9.60. The number of alkyl halides is 3. The summed E-state index contributed by atoms with van der Waals surface area (Å²) in [4.78, 5) is 37.8. The largest absolute Gasteiger partial charge is 0.490 e. The van der Waals surface area contributed by atoms with Crippen LogP contribution in [0.2, 0.25) is 0 Å². The van der Waals surface area contributed by atoms with E-state index in [1.165, 1.54) is 0 Å². The van der Waals surface area contributed by atoms with Crippen molar-refractivity contribution in [2.45, 2.75) is 19.0 Å². The fourth-order valence-corrected chi connectivity index (χ4v) is 3.87. The molecule has 0 saturated carbocycles. The molecule has 166 valence electrons. The summed E-state index contributed by atoms with van der Waals surface area (Å²) in [5.41, 5.74) is 0. The number of hydroxylamine groups is 2. The van der Waals surface area contributed by atoms with Crippen LogP contribution < -0.4 is 4.90 Å². The number of hydrogen-bond donors (Lipinski definition) is 1. The van der Waals surface area contributed by atoms with Gasteiger partial charge in [-0.25, -0.2) is 19.8 Å². The van der Waals surface area contributed by atoms with Crippen LogP contribution in [0.5, 0.6) is 0 Å². The standard InChI is InChI=1S/C16H22N4O3.C2HF3O2/c21-16(20-5-1-2-6-23-20)14-10-22-9-12-7-19(8-13(12)14)15-3-4-17-11-18-15;3-2(4,5)1(6)7/h3-4,11-14H,1-2,5-10H2;(H,6,7)/t12-,13-,14-;/m1./s1. The molecule has 1 amide bonds. The molecule has 0 radical (unpaired) electrons. The SMILES string of the molecule is O=C(O)C(F)(F)F.O=C([C@@H]1COC[C@H]2CN(c3ccncn3)C[C@H]21)N1CCCCO1. The molecule has 1 aromatic heterocycles. The summed E-state index contributed by atoms with van der Waals surface area (Å²) in [7, 11) is 0. The summed E-state index contributed by atoms with van der Waals surface area (Å²) < 4.78 is 37.5. The lowest BCUT2D eigenvalue weighted by Crippen LogP contribution is -2.47. The van der Waals surface area contributed by atoms with Crippen LogP contribution in [0.4, 0.5) is 19.0 Å². The number of carboxylic acid groups (broad SMARTS) is 1. The molecule has 3 aliphatic heterocycles. The first-order chi connectivity index (χ1) is 14.3. The Morgan fingerprint density at radius 1 is 1.20 bits per heavy atom. The Morgan fingerprint density at radius 3 is 2.57 bits per heavy atom. The van der Waals surface area contributed by atoms with Gasteiger partial charge >= 0.3 is 12.1 Å². The normalized spacial score (nSPS) is 26.4. The molecular formula is C18H23F3N4O5. The summed E-state index contributed by atoms with van der Waals surface area (Å²) in [5.74, 6) is -1.18. The van der Waals surface area contributed by atoms with Crippen LogP contribution in [-0.2, 0) is 19.2 Å². The van der Waals surface area contributed by atoms with Gasteiger partial charge in [0, 0.05) is 31.7 Å². The van der Waals surface area contributed by atoms with Gasteiger partial charge in [-0.2, -0.15) is 13.2 Å². The van der Waals surface area contributed by atoms with Crippen molar-refractivity contribution in [3.8, 4) is 0 Å². The number of amides is 1. The number of rotatable bonds is 2. The van der Waals surface area contributed by atoms with Crippen LogP contribution >= 0.6 is 0 Å². The van der Waals surface area contributed by atoms with Crippen LogP contribution in [0.25, 0.3) is 0 Å². The molecule has 3 aliphatic rings. The quantitative estimate of drug-likeness (QED) is 0.747. The van der Waals surface area contributed by atoms with Crippen molar-refractivity contribution in [2.24, 2.45) is 17.8 Å². The van der Waals surface area contributed by atoms with Gasteiger partial charge in [0.15, 0.2) is 0 Å². The summed E-state index contributed by atoms with van der Waals surface area (Å²) in [5, 5.41) is 8.69. The van der Waals surface area contributed by atoms with E-state index in [0.717, 1.165) is 38.4 Å². The van der Waals surface area contributed by atoms with Crippen molar-refractivity contribution >= 4 is 17.7 Å². The van der Waals surface area contributed by atoms with Crippen molar-refractivity contribution in [3.63, 3.8) is 0 Å². The van der Waals surface area contributed by atoms with Crippen LogP contribution in [0.1, 0.15) is 12.8 Å². The molecule has 3 saturated heterocycles. The van der Waals surface area contributed by atoms with Gasteiger partial charge in [0.1, 0.15) is 12.1 Å². The molecule has 0 bridgehead atoms. The number of anilines is 1. The number of ether oxygens (including phenoxy) is 1. The van der Waals surface area contributed by atoms with Crippen LogP contribution in [0, 0.1) is 17.8 Å². The maximum absolute atomic E-state index is 12.8. The van der Waals surface area contributed by atoms with Crippen molar-refractivity contribution in [1.82, 2.24) is 15.0 Å². The molecule has 30 heavy (non-hydrogen) atoms. The highest BCUT2D eigenvalue weighted by molar-refractivity contribution is 5.78. The molecule has 0 aliphatic carbocycles. The van der Waals surface area contributed by atoms with E-state index in [1.54, 1.807) is 17.6 Å². The Kier molecular flexibility index (Phi) is 7.08. The van der Waals surface area contributed by atoms with E-state index >= 15 is 0 Å². The zero-order chi connectivity index (χ0) is 21.7. The van der Waals surface area contributed by atoms with E-state index in [1.807, 2.05) is 6.07 Å². The zero-order valence-electron chi connectivity index (χ0n) is 16.1. The smallest absolute Gasteiger partial charge is 0.475 e. The predicted molar refractivity (Wildman–Crippen MR) is 96.1 cm³/mol. The summed E-state index contributed by atoms with van der Waals surface area (Å²) in [6.45, 7) is 4.28. The van der Waals surface area contributed by atoms with Crippen molar-refractivity contribution < 1.29 is 37.4 Å². The van der Waals surface area contributed by atoms with Crippen LogP contribution in [-0.4, -0.2) is 77.6 Å². The molecule has 1 aromatic rings. The highest BCUT2D eigenvalue weighted by Gasteiger charge is 2.46. The number of hydrogen-bond acceptors (Lipinski definition) is 7. The highest BCUT2D eigenvalue weighted by Crippen LogP contribution is 2.36. The first-order valence-electron chi connectivity index (χ1n) is 9.60. The summed E-state index contributed by atoms with van der Waals surface area (Å²) in [6, 6.07) is 1.92. The number of aromatic nitrogens is 2. The van der Waals surface area contributed by atoms with Gasteiger partial charge in [0.25, 0.3) is 5.91 Å². The Balaban J connectivity index is 0.000000318. The van der Waals surface area contributed by atoms with Gasteiger partial charge in [0.05, 0.1) is 25.7 Å². The molecule has 0 aromatic carbocycles. The van der Waals surface area contributed by atoms with Crippen molar-refractivity contribution in [1.29, 1.82) is 0 Å². The van der Waals surface area contributed by atoms with E-state index in [-0.39, 0.29) is 11.8 Å². The lowest BCUT2D eigenvalue weighted by Gasteiger charge is -2.36.